The molecule has 3 heterocycles. The molecule has 6 nitrogen and oxygen atoms in total. The van der Waals surface area contributed by atoms with Gasteiger partial charge in [-0.15, -0.1) is 0 Å². The molecule has 6 heteroatoms. The number of aryl methyl sites for hydroxylation is 1. The summed E-state index contributed by atoms with van der Waals surface area (Å²) in [5.74, 6) is 0.0527. The maximum atomic E-state index is 12.8. The Morgan fingerprint density at radius 3 is 2.69 bits per heavy atom. The smallest absolute Gasteiger partial charge is 0.274 e. The minimum Gasteiger partial charge on any atom is -0.368 e. The lowest BCUT2D eigenvalue weighted by Gasteiger charge is -2.36. The molecule has 26 heavy (non-hydrogen) atoms. The van der Waals surface area contributed by atoms with Gasteiger partial charge in [-0.25, -0.2) is 0 Å². The van der Waals surface area contributed by atoms with E-state index in [1.54, 1.807) is 0 Å². The second-order valence-electron chi connectivity index (χ2n) is 7.25. The summed E-state index contributed by atoms with van der Waals surface area (Å²) in [6.07, 6.45) is 4.24. The van der Waals surface area contributed by atoms with Crippen molar-refractivity contribution in [2.45, 2.75) is 25.8 Å². The number of carbonyl (C=O) groups is 1. The van der Waals surface area contributed by atoms with Crippen molar-refractivity contribution in [1.29, 1.82) is 0 Å². The van der Waals surface area contributed by atoms with Crippen molar-refractivity contribution in [2.75, 3.05) is 44.2 Å². The van der Waals surface area contributed by atoms with Crippen LogP contribution < -0.4 is 10.2 Å². The Hall–Kier alpha value is -2.34. The molecule has 1 N–H and O–H groups in total. The number of hydrogen-bond donors (Lipinski definition) is 1. The van der Waals surface area contributed by atoms with Gasteiger partial charge in [-0.3, -0.25) is 9.48 Å². The Morgan fingerprint density at radius 2 is 1.96 bits per heavy atom. The zero-order valence-electron chi connectivity index (χ0n) is 15.4. The van der Waals surface area contributed by atoms with Gasteiger partial charge in [0.05, 0.1) is 6.04 Å². The van der Waals surface area contributed by atoms with Crippen LogP contribution in [0.3, 0.4) is 0 Å². The third-order valence-electron chi connectivity index (χ3n) is 5.50. The highest BCUT2D eigenvalue weighted by Crippen LogP contribution is 2.21. The molecule has 1 unspecified atom stereocenters. The van der Waals surface area contributed by atoms with Gasteiger partial charge in [0.25, 0.3) is 5.91 Å². The van der Waals surface area contributed by atoms with Crippen molar-refractivity contribution in [1.82, 2.24) is 20.0 Å². The number of rotatable bonds is 3. The van der Waals surface area contributed by atoms with E-state index in [-0.39, 0.29) is 5.91 Å². The number of hydrogen-bond acceptors (Lipinski definition) is 4. The second kappa shape index (κ2) is 7.50. The summed E-state index contributed by atoms with van der Waals surface area (Å²) in [6, 6.07) is 10.7. The number of aromatic nitrogens is 2. The van der Waals surface area contributed by atoms with Crippen LogP contribution in [0, 0.1) is 6.92 Å². The summed E-state index contributed by atoms with van der Waals surface area (Å²) in [7, 11) is 0. The molecular weight excluding hydrogens is 326 g/mol. The Kier molecular flexibility index (Phi) is 4.93. The summed E-state index contributed by atoms with van der Waals surface area (Å²) >= 11 is 0. The van der Waals surface area contributed by atoms with Crippen molar-refractivity contribution >= 4 is 11.6 Å². The molecule has 0 spiro atoms. The van der Waals surface area contributed by atoms with Gasteiger partial charge in [0.2, 0.25) is 0 Å². The van der Waals surface area contributed by atoms with Crippen molar-refractivity contribution in [3.05, 3.63) is 47.8 Å². The molecule has 4 rings (SSSR count). The van der Waals surface area contributed by atoms with E-state index < -0.39 is 0 Å². The number of carbonyl (C=O) groups excluding carboxylic acids is 1. The number of anilines is 1. The Balaban J connectivity index is 1.38. The van der Waals surface area contributed by atoms with Crippen LogP contribution >= 0.6 is 0 Å². The minimum absolute atomic E-state index is 0.0527. The maximum absolute atomic E-state index is 12.8. The molecular formula is C20H27N5O. The van der Waals surface area contributed by atoms with E-state index in [4.69, 9.17) is 0 Å². The summed E-state index contributed by atoms with van der Waals surface area (Å²) < 4.78 is 1.96. The molecule has 138 valence electrons. The molecule has 2 aromatic rings. The molecule has 1 atom stereocenters. The first kappa shape index (κ1) is 17.1. The molecule has 2 aliphatic rings. The first-order valence-electron chi connectivity index (χ1n) is 9.58. The normalized spacial score (nSPS) is 21.0. The molecule has 1 aromatic carbocycles. The standard InChI is InChI=1S/C20H27N5O/c1-16-5-2-3-7-19(16)23-11-13-24(14-12-23)20(26)18-8-10-25(22-18)17-6-4-9-21-15-17/h2-3,5,7-8,10,17,21H,4,6,9,11-15H2,1H3. The molecule has 0 bridgehead atoms. The first-order chi connectivity index (χ1) is 12.7. The molecule has 0 radical (unpaired) electrons. The van der Waals surface area contributed by atoms with Crippen molar-refractivity contribution in [3.8, 4) is 0 Å². The van der Waals surface area contributed by atoms with Crippen molar-refractivity contribution in [2.24, 2.45) is 0 Å². The predicted octanol–water partition coefficient (Wildman–Crippen LogP) is 2.08. The number of nitrogens with zero attached hydrogens (tertiary/aromatic N) is 4. The lowest BCUT2D eigenvalue weighted by atomic mass is 10.1. The summed E-state index contributed by atoms with van der Waals surface area (Å²) in [5.41, 5.74) is 3.13. The van der Waals surface area contributed by atoms with Crippen LogP contribution in [0.4, 0.5) is 5.69 Å². The van der Waals surface area contributed by atoms with E-state index in [0.29, 0.717) is 11.7 Å². The Morgan fingerprint density at radius 1 is 1.15 bits per heavy atom. The lowest BCUT2D eigenvalue weighted by molar-refractivity contribution is 0.0739. The predicted molar refractivity (Wildman–Crippen MR) is 103 cm³/mol. The van der Waals surface area contributed by atoms with Gasteiger partial charge in [0, 0.05) is 44.6 Å². The van der Waals surface area contributed by atoms with Gasteiger partial charge in [0.1, 0.15) is 5.69 Å². The highest BCUT2D eigenvalue weighted by Gasteiger charge is 2.25. The number of piperidine rings is 1. The highest BCUT2D eigenvalue weighted by atomic mass is 16.2. The summed E-state index contributed by atoms with van der Waals surface area (Å²) in [4.78, 5) is 17.1. The number of nitrogens with one attached hydrogen (secondary N) is 1. The molecule has 1 amide bonds. The fourth-order valence-electron chi connectivity index (χ4n) is 3.95. The van der Waals surface area contributed by atoms with Crippen LogP contribution in [0.2, 0.25) is 0 Å². The van der Waals surface area contributed by atoms with Gasteiger partial charge in [0.15, 0.2) is 0 Å². The average molecular weight is 353 g/mol. The maximum Gasteiger partial charge on any atom is 0.274 e. The van der Waals surface area contributed by atoms with Crippen molar-refractivity contribution < 1.29 is 4.79 Å². The number of piperazine rings is 1. The molecule has 1 aromatic heterocycles. The van der Waals surface area contributed by atoms with Gasteiger partial charge in [-0.2, -0.15) is 5.10 Å². The molecule has 2 aliphatic heterocycles. The third kappa shape index (κ3) is 3.46. The van der Waals surface area contributed by atoms with Crippen molar-refractivity contribution in [3.63, 3.8) is 0 Å². The summed E-state index contributed by atoms with van der Waals surface area (Å²) in [6.45, 7) is 7.36. The van der Waals surface area contributed by atoms with E-state index in [1.807, 2.05) is 21.8 Å². The van der Waals surface area contributed by atoms with Gasteiger partial charge in [-0.05, 0) is 44.0 Å². The van der Waals surface area contributed by atoms with Gasteiger partial charge >= 0.3 is 0 Å². The molecule has 0 aliphatic carbocycles. The zero-order valence-corrected chi connectivity index (χ0v) is 15.4. The van der Waals surface area contributed by atoms with Crippen LogP contribution in [0.5, 0.6) is 0 Å². The number of amides is 1. The molecule has 2 saturated heterocycles. The number of para-hydroxylation sites is 1. The lowest BCUT2D eigenvalue weighted by Crippen LogP contribution is -2.49. The minimum atomic E-state index is 0.0527. The quantitative estimate of drug-likeness (QED) is 0.918. The van der Waals surface area contributed by atoms with Crippen LogP contribution in [0.15, 0.2) is 36.5 Å². The summed E-state index contributed by atoms with van der Waals surface area (Å²) in [5, 5.41) is 7.97. The van der Waals surface area contributed by atoms with Crippen LogP contribution in [-0.4, -0.2) is 59.9 Å². The first-order valence-corrected chi connectivity index (χ1v) is 9.58. The SMILES string of the molecule is Cc1ccccc1N1CCN(C(=O)c2ccn(C3CCCNC3)n2)CC1. The Labute approximate surface area is 154 Å². The monoisotopic (exact) mass is 353 g/mol. The second-order valence-corrected chi connectivity index (χ2v) is 7.25. The highest BCUT2D eigenvalue weighted by molar-refractivity contribution is 5.92. The van der Waals surface area contributed by atoms with E-state index >= 15 is 0 Å². The molecule has 2 fully saturated rings. The van der Waals surface area contributed by atoms with Gasteiger partial charge < -0.3 is 15.1 Å². The van der Waals surface area contributed by atoms with Crippen LogP contribution in [0.1, 0.15) is 34.9 Å². The third-order valence-corrected chi connectivity index (χ3v) is 5.50. The zero-order chi connectivity index (χ0) is 17.9. The van der Waals surface area contributed by atoms with E-state index in [2.05, 4.69) is 46.5 Å². The van der Waals surface area contributed by atoms with Crippen LogP contribution in [0.25, 0.3) is 0 Å². The van der Waals surface area contributed by atoms with Crippen LogP contribution in [-0.2, 0) is 0 Å². The fraction of sp³-hybridized carbons (Fsp3) is 0.500. The largest absolute Gasteiger partial charge is 0.368 e. The fourth-order valence-corrected chi connectivity index (χ4v) is 3.95. The topological polar surface area (TPSA) is 53.4 Å². The molecule has 0 saturated carbocycles. The van der Waals surface area contributed by atoms with Gasteiger partial charge in [-0.1, -0.05) is 18.2 Å². The van der Waals surface area contributed by atoms with E-state index in [0.717, 1.165) is 52.1 Å². The average Bonchev–Trinajstić information content (AvgIpc) is 3.19. The van der Waals surface area contributed by atoms with E-state index in [9.17, 15) is 4.79 Å². The Bertz CT molecular complexity index is 757. The van der Waals surface area contributed by atoms with E-state index in [1.165, 1.54) is 11.3 Å². The number of benzene rings is 1.